The van der Waals surface area contributed by atoms with Gasteiger partial charge in [-0.05, 0) is 38.0 Å². The molecule has 2 aromatic rings. The number of carbonyl (C=O) groups is 1. The number of nitrogens with zero attached hydrogens (tertiary/aromatic N) is 4. The molecule has 1 aliphatic carbocycles. The normalized spacial score (nSPS) is 17.5. The van der Waals surface area contributed by atoms with Crippen molar-refractivity contribution >= 4 is 17.4 Å². The molecule has 0 atom stereocenters. The number of hydrogen-bond acceptors (Lipinski definition) is 7. The van der Waals surface area contributed by atoms with E-state index in [1.54, 1.807) is 18.6 Å². The highest BCUT2D eigenvalue weighted by Gasteiger charge is 2.27. The fourth-order valence-corrected chi connectivity index (χ4v) is 3.24. The predicted molar refractivity (Wildman–Crippen MR) is 99.8 cm³/mol. The van der Waals surface area contributed by atoms with Crippen LogP contribution < -0.4 is 10.6 Å². The topological polar surface area (TPSA) is 102 Å². The Morgan fingerprint density at radius 3 is 2.63 bits per heavy atom. The van der Waals surface area contributed by atoms with E-state index in [0.29, 0.717) is 35.6 Å². The zero-order valence-electron chi connectivity index (χ0n) is 15.2. The number of hydrogen-bond donors (Lipinski definition) is 2. The van der Waals surface area contributed by atoms with E-state index in [2.05, 4.69) is 30.6 Å². The van der Waals surface area contributed by atoms with Gasteiger partial charge in [-0.3, -0.25) is 4.79 Å². The number of rotatable bonds is 7. The SMILES string of the molecule is O=C(NCCC1CCOCC1)c1nc(C2CC2)cnc1Nc1cncnc1. The number of carbonyl (C=O) groups excluding carboxylic acids is 1. The Hall–Kier alpha value is -2.61. The molecule has 1 saturated carbocycles. The highest BCUT2D eigenvalue weighted by Crippen LogP contribution is 2.39. The number of ether oxygens (including phenoxy) is 1. The maximum absolute atomic E-state index is 12.8. The van der Waals surface area contributed by atoms with Crippen molar-refractivity contribution in [3.05, 3.63) is 36.3 Å². The van der Waals surface area contributed by atoms with E-state index in [1.807, 2.05) is 0 Å². The average Bonchev–Trinajstić information content (AvgIpc) is 3.55. The molecule has 0 radical (unpaired) electrons. The predicted octanol–water partition coefficient (Wildman–Crippen LogP) is 2.43. The van der Waals surface area contributed by atoms with Gasteiger partial charge in [0.25, 0.3) is 5.91 Å². The van der Waals surface area contributed by atoms with Crippen LogP contribution >= 0.6 is 0 Å². The van der Waals surface area contributed by atoms with Crippen LogP contribution in [-0.4, -0.2) is 45.6 Å². The van der Waals surface area contributed by atoms with Gasteiger partial charge in [0, 0.05) is 25.7 Å². The van der Waals surface area contributed by atoms with Gasteiger partial charge in [0.2, 0.25) is 0 Å². The van der Waals surface area contributed by atoms with Crippen LogP contribution in [0.5, 0.6) is 0 Å². The first kappa shape index (κ1) is 17.8. The van der Waals surface area contributed by atoms with E-state index >= 15 is 0 Å². The van der Waals surface area contributed by atoms with Gasteiger partial charge in [-0.2, -0.15) is 0 Å². The summed E-state index contributed by atoms with van der Waals surface area (Å²) >= 11 is 0. The standard InChI is InChI=1S/C19H24N6O2/c26-19(22-6-3-13-4-7-27-8-5-13)17-18(24-15-9-20-12-21-10-15)23-11-16(25-17)14-1-2-14/h9-14H,1-8H2,(H,22,26)(H,23,24). The van der Waals surface area contributed by atoms with Gasteiger partial charge in [-0.15, -0.1) is 0 Å². The first-order valence-corrected chi connectivity index (χ1v) is 9.54. The van der Waals surface area contributed by atoms with Crippen molar-refractivity contribution in [1.82, 2.24) is 25.3 Å². The molecular formula is C19H24N6O2. The van der Waals surface area contributed by atoms with Crippen molar-refractivity contribution in [3.63, 3.8) is 0 Å². The molecular weight excluding hydrogens is 344 g/mol. The van der Waals surface area contributed by atoms with Gasteiger partial charge < -0.3 is 15.4 Å². The third kappa shape index (κ3) is 4.77. The molecule has 1 saturated heterocycles. The number of aromatic nitrogens is 4. The molecule has 27 heavy (non-hydrogen) atoms. The van der Waals surface area contributed by atoms with Gasteiger partial charge in [-0.1, -0.05) is 0 Å². The molecule has 8 heteroatoms. The summed E-state index contributed by atoms with van der Waals surface area (Å²) in [4.78, 5) is 29.8. The second-order valence-electron chi connectivity index (χ2n) is 7.12. The third-order valence-electron chi connectivity index (χ3n) is 5.00. The zero-order valence-corrected chi connectivity index (χ0v) is 15.2. The van der Waals surface area contributed by atoms with Gasteiger partial charge in [0.05, 0.1) is 30.0 Å². The van der Waals surface area contributed by atoms with Crippen molar-refractivity contribution in [3.8, 4) is 0 Å². The first-order chi connectivity index (χ1) is 13.3. The second-order valence-corrected chi connectivity index (χ2v) is 7.12. The van der Waals surface area contributed by atoms with Crippen LogP contribution in [0.2, 0.25) is 0 Å². The highest BCUT2D eigenvalue weighted by molar-refractivity contribution is 5.97. The van der Waals surface area contributed by atoms with Crippen molar-refractivity contribution in [2.45, 2.75) is 38.0 Å². The lowest BCUT2D eigenvalue weighted by atomic mass is 9.97. The fourth-order valence-electron chi connectivity index (χ4n) is 3.24. The molecule has 4 rings (SSSR count). The van der Waals surface area contributed by atoms with E-state index in [4.69, 9.17) is 4.74 Å². The Morgan fingerprint density at radius 1 is 1.11 bits per heavy atom. The van der Waals surface area contributed by atoms with Crippen LogP contribution in [-0.2, 0) is 4.74 Å². The molecule has 2 aliphatic rings. The molecule has 2 N–H and O–H groups in total. The Morgan fingerprint density at radius 2 is 1.89 bits per heavy atom. The summed E-state index contributed by atoms with van der Waals surface area (Å²) in [5.74, 6) is 1.27. The van der Waals surface area contributed by atoms with Crippen molar-refractivity contribution in [2.75, 3.05) is 25.1 Å². The average molecular weight is 368 g/mol. The zero-order chi connectivity index (χ0) is 18.5. The van der Waals surface area contributed by atoms with Crippen LogP contribution in [0.4, 0.5) is 11.5 Å². The highest BCUT2D eigenvalue weighted by atomic mass is 16.5. The Balaban J connectivity index is 1.44. The summed E-state index contributed by atoms with van der Waals surface area (Å²) in [6.45, 7) is 2.27. The summed E-state index contributed by atoms with van der Waals surface area (Å²) in [6.07, 6.45) is 11.8. The van der Waals surface area contributed by atoms with E-state index in [1.165, 1.54) is 6.33 Å². The third-order valence-corrected chi connectivity index (χ3v) is 5.00. The minimum absolute atomic E-state index is 0.198. The van der Waals surface area contributed by atoms with Gasteiger partial charge in [0.15, 0.2) is 11.5 Å². The summed E-state index contributed by atoms with van der Waals surface area (Å²) in [6, 6.07) is 0. The molecule has 0 bridgehead atoms. The molecule has 2 fully saturated rings. The fraction of sp³-hybridized carbons (Fsp3) is 0.526. The van der Waals surface area contributed by atoms with Crippen molar-refractivity contribution in [1.29, 1.82) is 0 Å². The van der Waals surface area contributed by atoms with Gasteiger partial charge in [0.1, 0.15) is 6.33 Å². The van der Waals surface area contributed by atoms with E-state index in [0.717, 1.165) is 51.0 Å². The quantitative estimate of drug-likeness (QED) is 0.774. The molecule has 0 aromatic carbocycles. The van der Waals surface area contributed by atoms with E-state index in [-0.39, 0.29) is 5.91 Å². The maximum atomic E-state index is 12.8. The van der Waals surface area contributed by atoms with Crippen molar-refractivity contribution in [2.24, 2.45) is 5.92 Å². The molecule has 1 aliphatic heterocycles. The minimum atomic E-state index is -0.198. The molecule has 2 aromatic heterocycles. The van der Waals surface area contributed by atoms with Crippen LogP contribution in [0.3, 0.4) is 0 Å². The largest absolute Gasteiger partial charge is 0.381 e. The summed E-state index contributed by atoms with van der Waals surface area (Å²) in [5.41, 5.74) is 1.89. The Bertz CT molecular complexity index is 775. The van der Waals surface area contributed by atoms with E-state index < -0.39 is 0 Å². The first-order valence-electron chi connectivity index (χ1n) is 9.54. The summed E-state index contributed by atoms with van der Waals surface area (Å²) in [7, 11) is 0. The smallest absolute Gasteiger partial charge is 0.273 e. The lowest BCUT2D eigenvalue weighted by Gasteiger charge is -2.21. The summed E-state index contributed by atoms with van der Waals surface area (Å²) < 4.78 is 5.39. The van der Waals surface area contributed by atoms with Crippen LogP contribution in [0.1, 0.15) is 54.2 Å². The van der Waals surface area contributed by atoms with Crippen LogP contribution in [0.25, 0.3) is 0 Å². The van der Waals surface area contributed by atoms with E-state index in [9.17, 15) is 4.79 Å². The molecule has 0 spiro atoms. The molecule has 3 heterocycles. The lowest BCUT2D eigenvalue weighted by molar-refractivity contribution is 0.0636. The number of amides is 1. The number of nitrogens with one attached hydrogen (secondary N) is 2. The summed E-state index contributed by atoms with van der Waals surface area (Å²) in [5, 5.41) is 6.11. The second kappa shape index (κ2) is 8.39. The van der Waals surface area contributed by atoms with Crippen molar-refractivity contribution < 1.29 is 9.53 Å². The monoisotopic (exact) mass is 368 g/mol. The van der Waals surface area contributed by atoms with Gasteiger partial charge in [-0.25, -0.2) is 19.9 Å². The Labute approximate surface area is 158 Å². The van der Waals surface area contributed by atoms with Crippen LogP contribution in [0.15, 0.2) is 24.9 Å². The van der Waals surface area contributed by atoms with Gasteiger partial charge >= 0.3 is 0 Å². The molecule has 142 valence electrons. The van der Waals surface area contributed by atoms with Crippen LogP contribution in [0, 0.1) is 5.92 Å². The minimum Gasteiger partial charge on any atom is -0.381 e. The molecule has 8 nitrogen and oxygen atoms in total. The Kier molecular flexibility index (Phi) is 5.53. The lowest BCUT2D eigenvalue weighted by Crippen LogP contribution is -2.29. The molecule has 0 unspecified atom stereocenters. The molecule has 1 amide bonds. The number of anilines is 2. The maximum Gasteiger partial charge on any atom is 0.273 e.